The maximum atomic E-state index is 11.5. The van der Waals surface area contributed by atoms with E-state index < -0.39 is 0 Å². The molecule has 1 heterocycles. The minimum absolute atomic E-state index is 0.185. The number of nitrogen functional groups attached to an aromatic ring is 1. The van der Waals surface area contributed by atoms with Crippen molar-refractivity contribution in [1.29, 1.82) is 0 Å². The first-order valence-electron chi connectivity index (χ1n) is 4.57. The Labute approximate surface area is 86.9 Å². The predicted octanol–water partition coefficient (Wildman–Crippen LogP) is 0.515. The molecule has 1 aromatic carbocycles. The van der Waals surface area contributed by atoms with Crippen molar-refractivity contribution in [2.45, 2.75) is 0 Å². The van der Waals surface area contributed by atoms with Gasteiger partial charge in [0.15, 0.2) is 0 Å². The lowest BCUT2D eigenvalue weighted by Gasteiger charge is -2.04. The first kappa shape index (κ1) is 9.51. The molecule has 0 atom stereocenters. The number of nitrogens with one attached hydrogen (secondary N) is 1. The third-order valence-electron chi connectivity index (χ3n) is 2.39. The van der Waals surface area contributed by atoms with Crippen molar-refractivity contribution in [3.63, 3.8) is 0 Å². The number of fused-ring (bicyclic) bond motifs is 1. The Morgan fingerprint density at radius 2 is 2.27 bits per heavy atom. The Morgan fingerprint density at radius 1 is 1.53 bits per heavy atom. The van der Waals surface area contributed by atoms with E-state index in [2.05, 4.69) is 10.4 Å². The number of hydrogen-bond donors (Lipinski definition) is 2. The van der Waals surface area contributed by atoms with Crippen molar-refractivity contribution < 1.29 is 4.79 Å². The van der Waals surface area contributed by atoms with E-state index in [0.29, 0.717) is 11.3 Å². The molecular weight excluding hydrogens is 192 g/mol. The van der Waals surface area contributed by atoms with Gasteiger partial charge in [-0.05, 0) is 12.1 Å². The highest BCUT2D eigenvalue weighted by molar-refractivity contribution is 6.03. The average molecular weight is 204 g/mol. The molecule has 5 heteroatoms. The van der Waals surface area contributed by atoms with E-state index in [1.165, 1.54) is 0 Å². The minimum atomic E-state index is -0.185. The topological polar surface area (TPSA) is 72.9 Å². The second-order valence-corrected chi connectivity index (χ2v) is 3.35. The van der Waals surface area contributed by atoms with Crippen molar-refractivity contribution in [3.05, 3.63) is 23.9 Å². The van der Waals surface area contributed by atoms with Crippen molar-refractivity contribution in [3.8, 4) is 0 Å². The number of carbonyl (C=O) groups is 1. The van der Waals surface area contributed by atoms with Crippen LogP contribution >= 0.6 is 0 Å². The Kier molecular flexibility index (Phi) is 2.07. The van der Waals surface area contributed by atoms with Crippen LogP contribution in [0, 0.1) is 0 Å². The number of hydrogen-bond acceptors (Lipinski definition) is 3. The highest BCUT2D eigenvalue weighted by Crippen LogP contribution is 2.21. The number of rotatable bonds is 1. The SMILES string of the molecule is CNC(=O)c1cc2c(cnn2C)cc1N. The first-order chi connectivity index (χ1) is 7.13. The summed E-state index contributed by atoms with van der Waals surface area (Å²) in [7, 11) is 3.40. The Balaban J connectivity index is 2.70. The number of aromatic nitrogens is 2. The van der Waals surface area contributed by atoms with E-state index in [1.807, 2.05) is 7.05 Å². The molecule has 78 valence electrons. The van der Waals surface area contributed by atoms with E-state index in [1.54, 1.807) is 30.1 Å². The van der Waals surface area contributed by atoms with Crippen molar-refractivity contribution in [1.82, 2.24) is 15.1 Å². The summed E-state index contributed by atoms with van der Waals surface area (Å²) in [6, 6.07) is 3.50. The van der Waals surface area contributed by atoms with Crippen LogP contribution in [0.25, 0.3) is 10.9 Å². The number of aryl methyl sites for hydroxylation is 1. The van der Waals surface area contributed by atoms with Crippen LogP contribution in [0.2, 0.25) is 0 Å². The summed E-state index contributed by atoms with van der Waals surface area (Å²) in [6.45, 7) is 0. The van der Waals surface area contributed by atoms with E-state index >= 15 is 0 Å². The normalized spacial score (nSPS) is 10.5. The minimum Gasteiger partial charge on any atom is -0.398 e. The number of nitrogens with two attached hydrogens (primary N) is 1. The molecular formula is C10H12N4O. The molecule has 0 aliphatic rings. The van der Waals surface area contributed by atoms with Crippen LogP contribution in [-0.2, 0) is 7.05 Å². The average Bonchev–Trinajstić information content (AvgIpc) is 2.58. The van der Waals surface area contributed by atoms with Gasteiger partial charge in [-0.1, -0.05) is 0 Å². The summed E-state index contributed by atoms with van der Waals surface area (Å²) in [5.41, 5.74) is 7.61. The predicted molar refractivity (Wildman–Crippen MR) is 58.5 cm³/mol. The van der Waals surface area contributed by atoms with Gasteiger partial charge in [0.1, 0.15) is 0 Å². The molecule has 2 aromatic rings. The second-order valence-electron chi connectivity index (χ2n) is 3.35. The van der Waals surface area contributed by atoms with Gasteiger partial charge < -0.3 is 11.1 Å². The molecule has 0 aliphatic heterocycles. The van der Waals surface area contributed by atoms with Gasteiger partial charge in [-0.25, -0.2) is 0 Å². The van der Waals surface area contributed by atoms with Gasteiger partial charge in [0.2, 0.25) is 0 Å². The number of anilines is 1. The molecule has 0 aliphatic carbocycles. The second kappa shape index (κ2) is 3.27. The first-order valence-corrected chi connectivity index (χ1v) is 4.57. The van der Waals surface area contributed by atoms with Crippen LogP contribution < -0.4 is 11.1 Å². The van der Waals surface area contributed by atoms with E-state index in [9.17, 15) is 4.79 Å². The van der Waals surface area contributed by atoms with Crippen molar-refractivity contribution in [2.24, 2.45) is 7.05 Å². The zero-order chi connectivity index (χ0) is 11.0. The molecule has 0 spiro atoms. The standard InChI is InChI=1S/C10H12N4O/c1-12-10(15)7-4-9-6(3-8(7)11)5-13-14(9)2/h3-5H,11H2,1-2H3,(H,12,15). The quantitative estimate of drug-likeness (QED) is 0.665. The number of amides is 1. The fourth-order valence-corrected chi connectivity index (χ4v) is 1.55. The highest BCUT2D eigenvalue weighted by atomic mass is 16.1. The molecule has 2 rings (SSSR count). The largest absolute Gasteiger partial charge is 0.398 e. The highest BCUT2D eigenvalue weighted by Gasteiger charge is 2.10. The molecule has 5 nitrogen and oxygen atoms in total. The number of carbonyl (C=O) groups excluding carboxylic acids is 1. The van der Waals surface area contributed by atoms with Gasteiger partial charge in [-0.2, -0.15) is 5.10 Å². The molecule has 0 saturated carbocycles. The summed E-state index contributed by atoms with van der Waals surface area (Å²) in [5, 5.41) is 7.58. The van der Waals surface area contributed by atoms with E-state index in [-0.39, 0.29) is 5.91 Å². The molecule has 0 bridgehead atoms. The van der Waals surface area contributed by atoms with E-state index in [0.717, 1.165) is 10.9 Å². The summed E-state index contributed by atoms with van der Waals surface area (Å²) in [5.74, 6) is -0.185. The van der Waals surface area contributed by atoms with Crippen LogP contribution in [0.4, 0.5) is 5.69 Å². The fourth-order valence-electron chi connectivity index (χ4n) is 1.55. The molecule has 0 unspecified atom stereocenters. The van der Waals surface area contributed by atoms with Gasteiger partial charge in [0, 0.05) is 25.2 Å². The van der Waals surface area contributed by atoms with Gasteiger partial charge in [0.05, 0.1) is 17.3 Å². The summed E-state index contributed by atoms with van der Waals surface area (Å²) < 4.78 is 1.71. The smallest absolute Gasteiger partial charge is 0.253 e. The van der Waals surface area contributed by atoms with Gasteiger partial charge in [-0.15, -0.1) is 0 Å². The van der Waals surface area contributed by atoms with Crippen molar-refractivity contribution >= 4 is 22.5 Å². The van der Waals surface area contributed by atoms with Crippen LogP contribution in [0.5, 0.6) is 0 Å². The van der Waals surface area contributed by atoms with Gasteiger partial charge >= 0.3 is 0 Å². The summed E-state index contributed by atoms with van der Waals surface area (Å²) >= 11 is 0. The lowest BCUT2D eigenvalue weighted by atomic mass is 10.1. The van der Waals surface area contributed by atoms with Crippen LogP contribution in [0.15, 0.2) is 18.3 Å². The number of benzene rings is 1. The Hall–Kier alpha value is -2.04. The summed E-state index contributed by atoms with van der Waals surface area (Å²) in [4.78, 5) is 11.5. The molecule has 15 heavy (non-hydrogen) atoms. The zero-order valence-electron chi connectivity index (χ0n) is 8.61. The fraction of sp³-hybridized carbons (Fsp3) is 0.200. The monoisotopic (exact) mass is 204 g/mol. The molecule has 1 aromatic heterocycles. The zero-order valence-corrected chi connectivity index (χ0v) is 8.61. The van der Waals surface area contributed by atoms with Crippen molar-refractivity contribution in [2.75, 3.05) is 12.8 Å². The molecule has 0 radical (unpaired) electrons. The van der Waals surface area contributed by atoms with Crippen LogP contribution in [0.1, 0.15) is 10.4 Å². The van der Waals surface area contributed by atoms with Gasteiger partial charge in [0.25, 0.3) is 5.91 Å². The molecule has 0 saturated heterocycles. The molecule has 0 fully saturated rings. The van der Waals surface area contributed by atoms with Gasteiger partial charge in [-0.3, -0.25) is 9.48 Å². The molecule has 3 N–H and O–H groups in total. The van der Waals surface area contributed by atoms with Crippen LogP contribution in [0.3, 0.4) is 0 Å². The third kappa shape index (κ3) is 1.41. The maximum Gasteiger partial charge on any atom is 0.253 e. The summed E-state index contributed by atoms with van der Waals surface area (Å²) in [6.07, 6.45) is 1.72. The Morgan fingerprint density at radius 3 is 2.93 bits per heavy atom. The number of nitrogens with zero attached hydrogens (tertiary/aromatic N) is 2. The lowest BCUT2D eigenvalue weighted by molar-refractivity contribution is 0.0964. The third-order valence-corrected chi connectivity index (χ3v) is 2.39. The molecule has 1 amide bonds. The Bertz CT molecular complexity index is 529. The maximum absolute atomic E-state index is 11.5. The van der Waals surface area contributed by atoms with E-state index in [4.69, 9.17) is 5.73 Å². The van der Waals surface area contributed by atoms with Crippen LogP contribution in [-0.4, -0.2) is 22.7 Å². The lowest BCUT2D eigenvalue weighted by Crippen LogP contribution is -2.19.